The maximum Gasteiger partial charge on any atom is 0.335 e. The standard InChI is InChI=1S/C28H34ClF2N3O3/c1-18(2)5-6-19-7-10-22(13-25(19)29)28(32-3,33-4)24(21-14-27(30,31)15-21)16-34(17-35)23-11-8-20(9-12-23)26(36)37/h7-13,16-18,21,32-33H,5-6,14-15H2,1-4H3,(H,36,37)/b24-16-. The molecule has 1 aliphatic rings. The van der Waals surface area contributed by atoms with Crippen molar-refractivity contribution in [2.24, 2.45) is 11.8 Å². The summed E-state index contributed by atoms with van der Waals surface area (Å²) in [5.41, 5.74) is 1.67. The van der Waals surface area contributed by atoms with E-state index in [0.717, 1.165) is 24.0 Å². The Labute approximate surface area is 221 Å². The largest absolute Gasteiger partial charge is 0.478 e. The van der Waals surface area contributed by atoms with Crippen LogP contribution < -0.4 is 15.5 Å². The van der Waals surface area contributed by atoms with Gasteiger partial charge in [-0.05, 0) is 85.8 Å². The van der Waals surface area contributed by atoms with E-state index >= 15 is 0 Å². The summed E-state index contributed by atoms with van der Waals surface area (Å²) < 4.78 is 28.1. The Morgan fingerprint density at radius 3 is 2.27 bits per heavy atom. The fraction of sp³-hybridized carbons (Fsp3) is 0.429. The molecule has 37 heavy (non-hydrogen) atoms. The van der Waals surface area contributed by atoms with Gasteiger partial charge in [0.15, 0.2) is 0 Å². The number of nitrogens with zero attached hydrogens (tertiary/aromatic N) is 1. The molecule has 2 aromatic rings. The van der Waals surface area contributed by atoms with Gasteiger partial charge in [-0.25, -0.2) is 13.6 Å². The molecule has 3 N–H and O–H groups in total. The second kappa shape index (κ2) is 11.7. The number of carbonyl (C=O) groups is 2. The topological polar surface area (TPSA) is 81.7 Å². The molecular weight excluding hydrogens is 500 g/mol. The zero-order valence-electron chi connectivity index (χ0n) is 21.5. The molecular formula is C28H34ClF2N3O3. The molecule has 0 saturated heterocycles. The highest BCUT2D eigenvalue weighted by molar-refractivity contribution is 6.31. The maximum absolute atomic E-state index is 14.0. The molecule has 1 amide bonds. The number of hydrogen-bond acceptors (Lipinski definition) is 4. The van der Waals surface area contributed by atoms with Crippen LogP contribution in [0.2, 0.25) is 5.02 Å². The first-order valence-electron chi connectivity index (χ1n) is 12.3. The van der Waals surface area contributed by atoms with Gasteiger partial charge in [-0.1, -0.05) is 37.6 Å². The Balaban J connectivity index is 2.09. The highest BCUT2D eigenvalue weighted by Crippen LogP contribution is 2.50. The van der Waals surface area contributed by atoms with Crippen molar-refractivity contribution in [3.63, 3.8) is 0 Å². The summed E-state index contributed by atoms with van der Waals surface area (Å²) in [6.45, 7) is 4.30. The summed E-state index contributed by atoms with van der Waals surface area (Å²) in [6, 6.07) is 11.5. The Morgan fingerprint density at radius 1 is 1.19 bits per heavy atom. The van der Waals surface area contributed by atoms with Gasteiger partial charge < -0.3 is 5.11 Å². The Hall–Kier alpha value is -2.81. The van der Waals surface area contributed by atoms with Gasteiger partial charge in [0, 0.05) is 29.8 Å². The number of carbonyl (C=O) groups excluding carboxylic acids is 1. The van der Waals surface area contributed by atoms with Crippen LogP contribution in [-0.2, 0) is 16.9 Å². The molecule has 200 valence electrons. The first-order valence-corrected chi connectivity index (χ1v) is 12.7. The molecule has 0 spiro atoms. The molecule has 2 aromatic carbocycles. The van der Waals surface area contributed by atoms with Crippen LogP contribution in [0, 0.1) is 11.8 Å². The van der Waals surface area contributed by atoms with Crippen molar-refractivity contribution < 1.29 is 23.5 Å². The maximum atomic E-state index is 14.0. The molecule has 1 fully saturated rings. The van der Waals surface area contributed by atoms with E-state index in [9.17, 15) is 23.5 Å². The summed E-state index contributed by atoms with van der Waals surface area (Å²) >= 11 is 6.67. The Bertz CT molecular complexity index is 1140. The predicted octanol–water partition coefficient (Wildman–Crippen LogP) is 5.81. The Kier molecular flexibility index (Phi) is 9.10. The molecule has 0 aromatic heterocycles. The van der Waals surface area contributed by atoms with E-state index in [1.54, 1.807) is 20.3 Å². The molecule has 0 bridgehead atoms. The van der Waals surface area contributed by atoms with Crippen molar-refractivity contribution in [2.75, 3.05) is 19.0 Å². The van der Waals surface area contributed by atoms with E-state index in [1.807, 2.05) is 18.2 Å². The third kappa shape index (κ3) is 6.37. The lowest BCUT2D eigenvalue weighted by Crippen LogP contribution is -2.56. The van der Waals surface area contributed by atoms with Crippen LogP contribution in [-0.4, -0.2) is 37.5 Å². The number of aromatic carboxylic acids is 1. The minimum atomic E-state index is -2.79. The zero-order valence-corrected chi connectivity index (χ0v) is 22.3. The van der Waals surface area contributed by atoms with Crippen LogP contribution in [0.15, 0.2) is 54.2 Å². The predicted molar refractivity (Wildman–Crippen MR) is 142 cm³/mol. The van der Waals surface area contributed by atoms with Crippen molar-refractivity contribution >= 4 is 29.7 Å². The number of amides is 1. The van der Waals surface area contributed by atoms with Crippen molar-refractivity contribution in [1.82, 2.24) is 10.6 Å². The number of anilines is 1. The minimum Gasteiger partial charge on any atom is -0.478 e. The van der Waals surface area contributed by atoms with Gasteiger partial charge in [0.1, 0.15) is 5.66 Å². The van der Waals surface area contributed by atoms with Crippen LogP contribution >= 0.6 is 11.6 Å². The lowest BCUT2D eigenvalue weighted by atomic mass is 9.70. The second-order valence-electron chi connectivity index (χ2n) is 9.90. The molecule has 0 atom stereocenters. The van der Waals surface area contributed by atoms with E-state index in [4.69, 9.17) is 11.6 Å². The summed E-state index contributed by atoms with van der Waals surface area (Å²) in [4.78, 5) is 24.6. The molecule has 0 heterocycles. The van der Waals surface area contributed by atoms with E-state index in [1.165, 1.54) is 29.2 Å². The normalized spacial score (nSPS) is 15.9. The number of benzene rings is 2. The molecule has 9 heteroatoms. The number of halogens is 3. The molecule has 0 radical (unpaired) electrons. The Morgan fingerprint density at radius 2 is 1.81 bits per heavy atom. The fourth-order valence-corrected chi connectivity index (χ4v) is 5.05. The molecule has 3 rings (SSSR count). The first-order chi connectivity index (χ1) is 17.5. The van der Waals surface area contributed by atoms with E-state index in [-0.39, 0.29) is 18.4 Å². The number of hydrogen-bond donors (Lipinski definition) is 3. The minimum absolute atomic E-state index is 0.0735. The second-order valence-corrected chi connectivity index (χ2v) is 10.3. The average molecular weight is 534 g/mol. The number of carboxylic acids is 1. The van der Waals surface area contributed by atoms with Crippen LogP contribution in [0.3, 0.4) is 0 Å². The van der Waals surface area contributed by atoms with Gasteiger partial charge in [-0.3, -0.25) is 20.3 Å². The number of carboxylic acid groups (broad SMARTS) is 1. The lowest BCUT2D eigenvalue weighted by Gasteiger charge is -2.46. The highest BCUT2D eigenvalue weighted by atomic mass is 35.5. The smallest absolute Gasteiger partial charge is 0.335 e. The first kappa shape index (κ1) is 28.8. The molecule has 0 unspecified atom stereocenters. The average Bonchev–Trinajstić information content (AvgIpc) is 2.84. The lowest BCUT2D eigenvalue weighted by molar-refractivity contribution is -0.107. The van der Waals surface area contributed by atoms with E-state index in [0.29, 0.717) is 28.6 Å². The third-order valence-electron chi connectivity index (χ3n) is 6.99. The van der Waals surface area contributed by atoms with Crippen LogP contribution in [0.5, 0.6) is 0 Å². The number of likely N-dealkylation sites (N-methyl/N-ethyl adjacent to an activating group) is 2. The van der Waals surface area contributed by atoms with Crippen molar-refractivity contribution in [3.8, 4) is 0 Å². The summed E-state index contributed by atoms with van der Waals surface area (Å²) in [5.74, 6) is -3.87. The quantitative estimate of drug-likeness (QED) is 0.237. The summed E-state index contributed by atoms with van der Waals surface area (Å²) in [6.07, 6.45) is 3.23. The van der Waals surface area contributed by atoms with Crippen molar-refractivity contribution in [1.29, 1.82) is 0 Å². The van der Waals surface area contributed by atoms with Crippen LogP contribution in [0.4, 0.5) is 14.5 Å². The van der Waals surface area contributed by atoms with Gasteiger partial charge >= 0.3 is 5.97 Å². The fourth-order valence-electron chi connectivity index (χ4n) is 4.78. The van der Waals surface area contributed by atoms with Gasteiger partial charge in [0.25, 0.3) is 0 Å². The number of aryl methyl sites for hydroxylation is 1. The number of alkyl halides is 2. The van der Waals surface area contributed by atoms with Gasteiger partial charge in [-0.15, -0.1) is 0 Å². The van der Waals surface area contributed by atoms with Gasteiger partial charge in [-0.2, -0.15) is 0 Å². The molecule has 1 saturated carbocycles. The summed E-state index contributed by atoms with van der Waals surface area (Å²) in [5, 5.41) is 16.3. The van der Waals surface area contributed by atoms with Crippen molar-refractivity contribution in [2.45, 2.75) is 51.1 Å². The van der Waals surface area contributed by atoms with E-state index in [2.05, 4.69) is 24.5 Å². The molecule has 6 nitrogen and oxygen atoms in total. The van der Waals surface area contributed by atoms with Crippen LogP contribution in [0.1, 0.15) is 54.6 Å². The highest BCUT2D eigenvalue weighted by Gasteiger charge is 2.51. The van der Waals surface area contributed by atoms with E-state index < -0.39 is 23.5 Å². The SMILES string of the molecule is CNC(NC)(/C(=C\N(C=O)c1ccc(C(=O)O)cc1)C1CC(F)(F)C1)c1ccc(CCC(C)C)c(Cl)c1. The molecule has 1 aliphatic carbocycles. The molecule has 0 aliphatic heterocycles. The third-order valence-corrected chi connectivity index (χ3v) is 7.35. The monoisotopic (exact) mass is 533 g/mol. The number of nitrogens with one attached hydrogen (secondary N) is 2. The summed E-state index contributed by atoms with van der Waals surface area (Å²) in [7, 11) is 3.43. The van der Waals surface area contributed by atoms with Gasteiger partial charge in [0.05, 0.1) is 5.56 Å². The number of rotatable bonds is 12. The van der Waals surface area contributed by atoms with Crippen LogP contribution in [0.25, 0.3) is 0 Å². The van der Waals surface area contributed by atoms with Crippen molar-refractivity contribution in [3.05, 3.63) is 76.0 Å². The van der Waals surface area contributed by atoms with Gasteiger partial charge in [0.2, 0.25) is 12.3 Å². The zero-order chi connectivity index (χ0) is 27.4.